The Labute approximate surface area is 140 Å². The van der Waals surface area contributed by atoms with E-state index in [0.29, 0.717) is 17.5 Å². The van der Waals surface area contributed by atoms with Crippen molar-refractivity contribution in [3.8, 4) is 5.69 Å². The highest BCUT2D eigenvalue weighted by atomic mass is 32.2. The fourth-order valence-electron chi connectivity index (χ4n) is 2.20. The van der Waals surface area contributed by atoms with Crippen LogP contribution in [-0.2, 0) is 22.3 Å². The number of aromatic nitrogens is 5. The molecule has 0 aliphatic rings. The standard InChI is InChI=1S/C15H16FN5O2S/c1-9-4-5-12(16)13(6-9)21-14(18-19-20-21)7-24(22)8-15-17-10(2)11(3)23-15/h4-6H,7-8H2,1-3H3/t24-/m0/s1. The first-order valence-electron chi connectivity index (χ1n) is 7.25. The lowest BCUT2D eigenvalue weighted by Crippen LogP contribution is -2.09. The number of hydrogen-bond acceptors (Lipinski definition) is 6. The highest BCUT2D eigenvalue weighted by Gasteiger charge is 2.17. The Morgan fingerprint density at radius 1 is 1.25 bits per heavy atom. The van der Waals surface area contributed by atoms with E-state index in [1.54, 1.807) is 19.1 Å². The van der Waals surface area contributed by atoms with Gasteiger partial charge in [-0.1, -0.05) is 6.07 Å². The second-order valence-corrected chi connectivity index (χ2v) is 6.90. The molecule has 3 aromatic rings. The maximum absolute atomic E-state index is 14.0. The number of hydrogen-bond donors (Lipinski definition) is 0. The van der Waals surface area contributed by atoms with E-state index >= 15 is 0 Å². The highest BCUT2D eigenvalue weighted by molar-refractivity contribution is 7.83. The van der Waals surface area contributed by atoms with Crippen LogP contribution in [-0.4, -0.2) is 29.4 Å². The van der Waals surface area contributed by atoms with E-state index in [9.17, 15) is 8.60 Å². The molecule has 24 heavy (non-hydrogen) atoms. The van der Waals surface area contributed by atoms with E-state index in [-0.39, 0.29) is 17.2 Å². The summed E-state index contributed by atoms with van der Waals surface area (Å²) in [4.78, 5) is 4.21. The molecule has 0 radical (unpaired) electrons. The minimum absolute atomic E-state index is 0.0703. The van der Waals surface area contributed by atoms with Crippen LogP contribution in [0.25, 0.3) is 5.69 Å². The van der Waals surface area contributed by atoms with Crippen molar-refractivity contribution in [2.24, 2.45) is 0 Å². The Balaban J connectivity index is 1.80. The average molecular weight is 349 g/mol. The molecule has 0 aliphatic carbocycles. The molecule has 126 valence electrons. The molecule has 7 nitrogen and oxygen atoms in total. The first-order chi connectivity index (χ1) is 11.4. The molecule has 3 rings (SSSR count). The van der Waals surface area contributed by atoms with Gasteiger partial charge in [0.2, 0.25) is 5.89 Å². The summed E-state index contributed by atoms with van der Waals surface area (Å²) in [5.74, 6) is 1.20. The largest absolute Gasteiger partial charge is 0.445 e. The van der Waals surface area contributed by atoms with Crippen molar-refractivity contribution in [2.45, 2.75) is 32.3 Å². The summed E-state index contributed by atoms with van der Waals surface area (Å²) in [5.41, 5.74) is 1.88. The summed E-state index contributed by atoms with van der Waals surface area (Å²) in [5, 5.41) is 11.2. The van der Waals surface area contributed by atoms with Crippen LogP contribution in [0.4, 0.5) is 4.39 Å². The first kappa shape index (κ1) is 16.4. The SMILES string of the molecule is Cc1ccc(F)c(-n2nnnc2C[S@](=O)Cc2nc(C)c(C)o2)c1. The van der Waals surface area contributed by atoms with Crippen molar-refractivity contribution in [2.75, 3.05) is 0 Å². The zero-order valence-electron chi connectivity index (χ0n) is 13.5. The van der Waals surface area contributed by atoms with Gasteiger partial charge in [-0.3, -0.25) is 4.21 Å². The molecule has 0 spiro atoms. The third-order valence-corrected chi connectivity index (χ3v) is 4.66. The molecular formula is C15H16FN5O2S. The van der Waals surface area contributed by atoms with Crippen LogP contribution in [0, 0.1) is 26.6 Å². The second kappa shape index (κ2) is 6.60. The smallest absolute Gasteiger partial charge is 0.207 e. The molecule has 0 amide bonds. The van der Waals surface area contributed by atoms with Crippen molar-refractivity contribution >= 4 is 10.8 Å². The zero-order valence-corrected chi connectivity index (χ0v) is 14.3. The number of benzene rings is 1. The molecule has 0 saturated carbocycles. The van der Waals surface area contributed by atoms with Gasteiger partial charge in [-0.15, -0.1) is 5.10 Å². The summed E-state index contributed by atoms with van der Waals surface area (Å²) < 4.78 is 33.1. The Morgan fingerprint density at radius 3 is 2.75 bits per heavy atom. The number of rotatable bonds is 5. The van der Waals surface area contributed by atoms with Crippen molar-refractivity contribution in [3.05, 3.63) is 52.7 Å². The minimum Gasteiger partial charge on any atom is -0.445 e. The Hall–Kier alpha value is -2.42. The van der Waals surface area contributed by atoms with E-state index < -0.39 is 16.6 Å². The molecule has 0 N–H and O–H groups in total. The third-order valence-electron chi connectivity index (χ3n) is 3.51. The number of aryl methyl sites for hydroxylation is 3. The number of halogens is 1. The molecule has 9 heteroatoms. The highest BCUT2D eigenvalue weighted by Crippen LogP contribution is 2.17. The lowest BCUT2D eigenvalue weighted by Gasteiger charge is -2.06. The van der Waals surface area contributed by atoms with Gasteiger partial charge in [-0.05, 0) is 48.9 Å². The molecule has 0 fully saturated rings. The van der Waals surface area contributed by atoms with Gasteiger partial charge in [0, 0.05) is 10.8 Å². The summed E-state index contributed by atoms with van der Waals surface area (Å²) in [6.07, 6.45) is 0. The molecule has 2 heterocycles. The fraction of sp³-hybridized carbons (Fsp3) is 0.333. The van der Waals surface area contributed by atoms with Gasteiger partial charge in [0.25, 0.3) is 0 Å². The Kier molecular flexibility index (Phi) is 4.52. The summed E-state index contributed by atoms with van der Waals surface area (Å²) >= 11 is 0. The van der Waals surface area contributed by atoms with E-state index in [4.69, 9.17) is 4.42 Å². The van der Waals surface area contributed by atoms with Gasteiger partial charge in [-0.2, -0.15) is 4.68 Å². The van der Waals surface area contributed by atoms with E-state index in [1.165, 1.54) is 10.7 Å². The molecule has 0 saturated heterocycles. The summed E-state index contributed by atoms with van der Waals surface area (Å²) in [6, 6.07) is 4.65. The minimum atomic E-state index is -1.33. The number of oxazole rings is 1. The lowest BCUT2D eigenvalue weighted by molar-refractivity contribution is 0.487. The Bertz CT molecular complexity index is 886. The average Bonchev–Trinajstić information content (AvgIpc) is 3.08. The lowest BCUT2D eigenvalue weighted by atomic mass is 10.2. The van der Waals surface area contributed by atoms with Crippen LogP contribution >= 0.6 is 0 Å². The van der Waals surface area contributed by atoms with Gasteiger partial charge in [0.05, 0.1) is 11.4 Å². The van der Waals surface area contributed by atoms with Crippen LogP contribution < -0.4 is 0 Å². The van der Waals surface area contributed by atoms with Crippen LogP contribution in [0.1, 0.15) is 28.7 Å². The quantitative estimate of drug-likeness (QED) is 0.701. The molecule has 0 aliphatic heterocycles. The monoisotopic (exact) mass is 349 g/mol. The van der Waals surface area contributed by atoms with Gasteiger partial charge < -0.3 is 4.42 Å². The molecule has 2 aromatic heterocycles. The molecule has 1 atom stereocenters. The zero-order chi connectivity index (χ0) is 17.3. The molecular weight excluding hydrogens is 333 g/mol. The fourth-order valence-corrected chi connectivity index (χ4v) is 3.17. The normalized spacial score (nSPS) is 12.5. The van der Waals surface area contributed by atoms with Crippen LogP contribution in [0.5, 0.6) is 0 Å². The van der Waals surface area contributed by atoms with E-state index in [0.717, 1.165) is 11.3 Å². The van der Waals surface area contributed by atoms with Crippen LogP contribution in [0.15, 0.2) is 22.6 Å². The van der Waals surface area contributed by atoms with Crippen molar-refractivity contribution in [1.82, 2.24) is 25.2 Å². The van der Waals surface area contributed by atoms with Crippen LogP contribution in [0.3, 0.4) is 0 Å². The van der Waals surface area contributed by atoms with Crippen molar-refractivity contribution in [1.29, 1.82) is 0 Å². The number of nitrogens with zero attached hydrogens (tertiary/aromatic N) is 5. The van der Waals surface area contributed by atoms with Crippen LogP contribution in [0.2, 0.25) is 0 Å². The predicted molar refractivity (Wildman–Crippen MR) is 85.4 cm³/mol. The maximum Gasteiger partial charge on any atom is 0.207 e. The van der Waals surface area contributed by atoms with Gasteiger partial charge in [0.15, 0.2) is 5.82 Å². The first-order valence-corrected chi connectivity index (χ1v) is 8.74. The summed E-state index contributed by atoms with van der Waals surface area (Å²) in [7, 11) is -1.33. The van der Waals surface area contributed by atoms with Crippen molar-refractivity contribution in [3.63, 3.8) is 0 Å². The third kappa shape index (κ3) is 3.40. The van der Waals surface area contributed by atoms with Gasteiger partial charge >= 0.3 is 0 Å². The molecule has 0 unspecified atom stereocenters. The second-order valence-electron chi connectivity index (χ2n) is 5.44. The van der Waals surface area contributed by atoms with E-state index in [2.05, 4.69) is 20.5 Å². The van der Waals surface area contributed by atoms with E-state index in [1.807, 2.05) is 13.8 Å². The van der Waals surface area contributed by atoms with Crippen molar-refractivity contribution < 1.29 is 13.0 Å². The predicted octanol–water partition coefficient (Wildman–Crippen LogP) is 2.16. The van der Waals surface area contributed by atoms with Gasteiger partial charge in [-0.25, -0.2) is 9.37 Å². The number of tetrazole rings is 1. The topological polar surface area (TPSA) is 86.7 Å². The molecule has 1 aromatic carbocycles. The maximum atomic E-state index is 14.0. The molecule has 0 bridgehead atoms. The summed E-state index contributed by atoms with van der Waals surface area (Å²) in [6.45, 7) is 5.47. The Morgan fingerprint density at radius 2 is 2.04 bits per heavy atom. The van der Waals surface area contributed by atoms with Gasteiger partial charge in [0.1, 0.15) is 23.0 Å².